The van der Waals surface area contributed by atoms with Crippen LogP contribution in [0.3, 0.4) is 0 Å². The molecule has 2 nitrogen and oxygen atoms in total. The highest BCUT2D eigenvalue weighted by Gasteiger charge is 2.28. The summed E-state index contributed by atoms with van der Waals surface area (Å²) in [6, 6.07) is 8.46. The molecular weight excluding hydrogens is 419 g/mol. The summed E-state index contributed by atoms with van der Waals surface area (Å²) in [5, 5.41) is 1.06. The molecule has 0 radical (unpaired) electrons. The first kappa shape index (κ1) is 15.1. The first-order valence-electron chi connectivity index (χ1n) is 5.31. The topological polar surface area (TPSA) is 30.2 Å². The van der Waals surface area contributed by atoms with E-state index < -0.39 is 4.83 Å². The second kappa shape index (κ2) is 6.44. The number of ketones is 1. The summed E-state index contributed by atoms with van der Waals surface area (Å²) in [5.41, 5.74) is 0.785. The van der Waals surface area contributed by atoms with E-state index in [-0.39, 0.29) is 10.6 Å². The average Bonchev–Trinajstić information content (AvgIpc) is 2.90. The summed E-state index contributed by atoms with van der Waals surface area (Å²) in [6.07, 6.45) is 1.46. The van der Waals surface area contributed by atoms with Crippen LogP contribution in [0, 0.1) is 0 Å². The third kappa shape index (κ3) is 3.43. The summed E-state index contributed by atoms with van der Waals surface area (Å²) in [7, 11) is 0. The number of hydrogen-bond donors (Lipinski definition) is 0. The van der Waals surface area contributed by atoms with Gasteiger partial charge in [-0.15, -0.1) is 0 Å². The van der Waals surface area contributed by atoms with Crippen LogP contribution in [0.25, 0.3) is 0 Å². The smallest absolute Gasteiger partial charge is 0.213 e. The molecule has 0 saturated heterocycles. The largest absolute Gasteiger partial charge is 0.461 e. The number of carbonyl (C=O) groups excluding carboxylic acids is 1. The van der Waals surface area contributed by atoms with Crippen molar-refractivity contribution in [3.05, 3.63) is 58.0 Å². The maximum Gasteiger partial charge on any atom is 0.213 e. The lowest BCUT2D eigenvalue weighted by Gasteiger charge is -2.16. The predicted molar refractivity (Wildman–Crippen MR) is 83.9 cm³/mol. The summed E-state index contributed by atoms with van der Waals surface area (Å²) < 4.78 is 5.10. The van der Waals surface area contributed by atoms with Gasteiger partial charge < -0.3 is 4.42 Å². The van der Waals surface area contributed by atoms with Crippen molar-refractivity contribution in [2.24, 2.45) is 0 Å². The van der Waals surface area contributed by atoms with Crippen molar-refractivity contribution in [1.29, 1.82) is 0 Å². The molecule has 0 amide bonds. The molecule has 0 aliphatic rings. The highest BCUT2D eigenvalue weighted by molar-refractivity contribution is 9.12. The van der Waals surface area contributed by atoms with Gasteiger partial charge in [-0.1, -0.05) is 61.1 Å². The summed E-state index contributed by atoms with van der Waals surface area (Å²) in [4.78, 5) is 11.4. The SMILES string of the molecule is O=C(c1ccco1)C(Br)C(Br)c1ccc(Cl)cc1Cl. The van der Waals surface area contributed by atoms with Crippen molar-refractivity contribution in [3.63, 3.8) is 0 Å². The van der Waals surface area contributed by atoms with Gasteiger partial charge in [0.15, 0.2) is 5.76 Å². The van der Waals surface area contributed by atoms with Gasteiger partial charge in [0.2, 0.25) is 5.78 Å². The maximum absolute atomic E-state index is 12.2. The number of rotatable bonds is 4. The number of alkyl halides is 2. The summed E-state index contributed by atoms with van der Waals surface area (Å²) in [5.74, 6) is 0.148. The molecule has 19 heavy (non-hydrogen) atoms. The fraction of sp³-hybridized carbons (Fsp3) is 0.154. The molecule has 2 rings (SSSR count). The van der Waals surface area contributed by atoms with E-state index in [1.165, 1.54) is 6.26 Å². The lowest BCUT2D eigenvalue weighted by Crippen LogP contribution is -2.18. The zero-order chi connectivity index (χ0) is 14.0. The van der Waals surface area contributed by atoms with Crippen LogP contribution in [0.5, 0.6) is 0 Å². The Bertz CT molecular complexity index is 584. The second-order valence-corrected chi connectivity index (χ2v) is 6.63. The number of furan rings is 1. The molecular formula is C13H8Br2Cl2O2. The van der Waals surface area contributed by atoms with Crippen molar-refractivity contribution in [3.8, 4) is 0 Å². The van der Waals surface area contributed by atoms with Gasteiger partial charge in [0.25, 0.3) is 0 Å². The summed E-state index contributed by atoms with van der Waals surface area (Å²) in [6.45, 7) is 0. The Morgan fingerprint density at radius 3 is 2.53 bits per heavy atom. The molecule has 1 heterocycles. The van der Waals surface area contributed by atoms with Crippen LogP contribution >= 0.6 is 55.1 Å². The van der Waals surface area contributed by atoms with Gasteiger partial charge in [0.05, 0.1) is 15.9 Å². The number of Topliss-reactive ketones (excluding diaryl/α,β-unsaturated/α-hetero) is 1. The number of halogens is 4. The quantitative estimate of drug-likeness (QED) is 0.466. The molecule has 1 aromatic carbocycles. The van der Waals surface area contributed by atoms with Crippen LogP contribution in [0.15, 0.2) is 41.0 Å². The molecule has 0 aliphatic carbocycles. The van der Waals surface area contributed by atoms with Crippen LogP contribution in [-0.2, 0) is 0 Å². The Balaban J connectivity index is 2.23. The number of benzene rings is 1. The van der Waals surface area contributed by atoms with E-state index in [0.29, 0.717) is 15.8 Å². The fourth-order valence-electron chi connectivity index (χ4n) is 1.57. The first-order chi connectivity index (χ1) is 9.00. The highest BCUT2D eigenvalue weighted by Crippen LogP contribution is 2.37. The molecule has 0 fully saturated rings. The molecule has 6 heteroatoms. The van der Waals surface area contributed by atoms with Gasteiger partial charge in [0, 0.05) is 10.0 Å². The van der Waals surface area contributed by atoms with Crippen LogP contribution < -0.4 is 0 Å². The van der Waals surface area contributed by atoms with Crippen LogP contribution in [0.4, 0.5) is 0 Å². The molecule has 0 saturated carbocycles. The third-order valence-electron chi connectivity index (χ3n) is 2.53. The number of hydrogen-bond acceptors (Lipinski definition) is 2. The molecule has 100 valence electrons. The molecule has 0 bridgehead atoms. The van der Waals surface area contributed by atoms with Gasteiger partial charge >= 0.3 is 0 Å². The lowest BCUT2D eigenvalue weighted by atomic mass is 10.1. The maximum atomic E-state index is 12.2. The standard InChI is InChI=1S/C13H8Br2Cl2O2/c14-11(8-4-3-7(16)6-9(8)17)12(15)13(18)10-2-1-5-19-10/h1-6,11-12H. The Hall–Kier alpha value is -0.290. The van der Waals surface area contributed by atoms with Crippen molar-refractivity contribution in [1.82, 2.24) is 0 Å². The van der Waals surface area contributed by atoms with E-state index in [1.807, 2.05) is 0 Å². The van der Waals surface area contributed by atoms with Crippen LogP contribution in [0.2, 0.25) is 10.0 Å². The molecule has 2 aromatic rings. The number of carbonyl (C=O) groups is 1. The van der Waals surface area contributed by atoms with E-state index in [0.717, 1.165) is 5.56 Å². The molecule has 0 spiro atoms. The van der Waals surface area contributed by atoms with Gasteiger partial charge in [0.1, 0.15) is 0 Å². The van der Waals surface area contributed by atoms with Crippen molar-refractivity contribution in [2.75, 3.05) is 0 Å². The zero-order valence-electron chi connectivity index (χ0n) is 9.45. The minimum absolute atomic E-state index is 0.155. The molecule has 2 unspecified atom stereocenters. The van der Waals surface area contributed by atoms with Crippen LogP contribution in [0.1, 0.15) is 20.9 Å². The van der Waals surface area contributed by atoms with Crippen molar-refractivity contribution >= 4 is 60.8 Å². The molecule has 2 atom stereocenters. The molecule has 0 N–H and O–H groups in total. The minimum atomic E-state index is -0.489. The Kier molecular flexibility index (Phi) is 5.12. The second-order valence-electron chi connectivity index (χ2n) is 3.81. The lowest BCUT2D eigenvalue weighted by molar-refractivity contribution is 0.0964. The monoisotopic (exact) mass is 424 g/mol. The van der Waals surface area contributed by atoms with Gasteiger partial charge in [-0.25, -0.2) is 0 Å². The Labute approximate surface area is 137 Å². The predicted octanol–water partition coefficient (Wildman–Crippen LogP) is 5.67. The normalized spacial score (nSPS) is 14.1. The Morgan fingerprint density at radius 2 is 1.95 bits per heavy atom. The Morgan fingerprint density at radius 1 is 1.21 bits per heavy atom. The fourth-order valence-corrected chi connectivity index (χ4v) is 3.38. The molecule has 0 aliphatic heterocycles. The van der Waals surface area contributed by atoms with E-state index >= 15 is 0 Å². The van der Waals surface area contributed by atoms with E-state index in [2.05, 4.69) is 31.9 Å². The molecule has 1 aromatic heterocycles. The zero-order valence-corrected chi connectivity index (χ0v) is 14.1. The van der Waals surface area contributed by atoms with E-state index in [1.54, 1.807) is 30.3 Å². The van der Waals surface area contributed by atoms with Crippen molar-refractivity contribution in [2.45, 2.75) is 9.65 Å². The summed E-state index contributed by atoms with van der Waals surface area (Å²) >= 11 is 18.8. The first-order valence-corrected chi connectivity index (χ1v) is 7.90. The average molecular weight is 427 g/mol. The van der Waals surface area contributed by atoms with Gasteiger partial charge in [-0.3, -0.25) is 4.79 Å². The van der Waals surface area contributed by atoms with Crippen LogP contribution in [-0.4, -0.2) is 10.6 Å². The van der Waals surface area contributed by atoms with E-state index in [9.17, 15) is 4.79 Å². The minimum Gasteiger partial charge on any atom is -0.461 e. The highest BCUT2D eigenvalue weighted by atomic mass is 79.9. The van der Waals surface area contributed by atoms with Gasteiger partial charge in [-0.2, -0.15) is 0 Å². The van der Waals surface area contributed by atoms with Crippen molar-refractivity contribution < 1.29 is 9.21 Å². The third-order valence-corrected chi connectivity index (χ3v) is 5.77. The van der Waals surface area contributed by atoms with E-state index in [4.69, 9.17) is 27.6 Å². The van der Waals surface area contributed by atoms with Gasteiger partial charge in [-0.05, 0) is 29.8 Å².